The zero-order valence-corrected chi connectivity index (χ0v) is 20.0. The Bertz CT molecular complexity index is 1130. The van der Waals surface area contributed by atoms with Crippen molar-refractivity contribution in [1.29, 1.82) is 0 Å². The van der Waals surface area contributed by atoms with Gasteiger partial charge in [0.05, 0.1) is 14.2 Å². The van der Waals surface area contributed by atoms with E-state index in [2.05, 4.69) is 52.4 Å². The van der Waals surface area contributed by atoms with Crippen LogP contribution in [0.5, 0.6) is 17.2 Å². The molecule has 2 N–H and O–H groups in total. The van der Waals surface area contributed by atoms with E-state index < -0.39 is 0 Å². The van der Waals surface area contributed by atoms with Gasteiger partial charge in [-0.1, -0.05) is 53.2 Å². The van der Waals surface area contributed by atoms with Crippen LogP contribution in [0.3, 0.4) is 0 Å². The van der Waals surface area contributed by atoms with Crippen LogP contribution in [-0.2, 0) is 6.42 Å². The van der Waals surface area contributed by atoms with Crippen LogP contribution in [0.15, 0.2) is 70.1 Å². The Morgan fingerprint density at radius 3 is 2.44 bits per heavy atom. The van der Waals surface area contributed by atoms with Gasteiger partial charge in [0.25, 0.3) is 0 Å². The Balaban J connectivity index is 1.77. The smallest absolute Gasteiger partial charge is 0.161 e. The molecule has 4 rings (SSSR count). The lowest BCUT2D eigenvalue weighted by atomic mass is 9.93. The van der Waals surface area contributed by atoms with Crippen molar-refractivity contribution in [2.75, 3.05) is 14.2 Å². The van der Waals surface area contributed by atoms with Crippen molar-refractivity contribution in [1.82, 2.24) is 5.32 Å². The molecule has 0 saturated heterocycles. The molecule has 0 aliphatic carbocycles. The number of hydrogen-bond donors (Lipinski definition) is 2. The zero-order chi connectivity index (χ0) is 22.7. The predicted molar refractivity (Wildman–Crippen MR) is 131 cm³/mol. The summed E-state index contributed by atoms with van der Waals surface area (Å²) in [6.07, 6.45) is 1.36. The summed E-state index contributed by atoms with van der Waals surface area (Å²) in [4.78, 5) is 5.05. The third-order valence-corrected chi connectivity index (χ3v) is 6.32. The average Bonchev–Trinajstić information content (AvgIpc) is 2.84. The predicted octanol–water partition coefficient (Wildman–Crippen LogP) is 5.96. The van der Waals surface area contributed by atoms with E-state index in [1.54, 1.807) is 20.3 Å². The number of ether oxygens (including phenoxy) is 2. The fourth-order valence-electron chi connectivity index (χ4n) is 4.01. The van der Waals surface area contributed by atoms with Crippen molar-refractivity contribution in [2.24, 2.45) is 4.99 Å². The molecular weight excluding hydrogens is 468 g/mol. The van der Waals surface area contributed by atoms with E-state index in [9.17, 15) is 5.11 Å². The number of aryl methyl sites for hydroxylation is 1. The van der Waals surface area contributed by atoms with E-state index in [-0.39, 0.29) is 18.0 Å². The fourth-order valence-corrected chi connectivity index (χ4v) is 4.39. The number of aromatic hydroxyl groups is 1. The van der Waals surface area contributed by atoms with Crippen molar-refractivity contribution in [3.63, 3.8) is 0 Å². The van der Waals surface area contributed by atoms with Crippen LogP contribution in [0.25, 0.3) is 0 Å². The van der Waals surface area contributed by atoms with Gasteiger partial charge >= 0.3 is 0 Å². The highest BCUT2D eigenvalue weighted by atomic mass is 79.9. The molecule has 0 unspecified atom stereocenters. The van der Waals surface area contributed by atoms with Crippen LogP contribution >= 0.6 is 15.9 Å². The maximum atomic E-state index is 10.6. The minimum absolute atomic E-state index is 0.107. The first-order valence-electron chi connectivity index (χ1n) is 10.6. The second-order valence-electron chi connectivity index (χ2n) is 7.77. The average molecular weight is 495 g/mol. The second kappa shape index (κ2) is 9.76. The van der Waals surface area contributed by atoms with E-state index in [0.717, 1.165) is 33.3 Å². The number of halogens is 1. The quantitative estimate of drug-likeness (QED) is 0.443. The molecule has 32 heavy (non-hydrogen) atoms. The van der Waals surface area contributed by atoms with Gasteiger partial charge in [0, 0.05) is 28.2 Å². The minimum Gasteiger partial charge on any atom is -0.508 e. The lowest BCUT2D eigenvalue weighted by Crippen LogP contribution is -2.33. The number of hydrogen-bond acceptors (Lipinski definition) is 5. The van der Waals surface area contributed by atoms with Crippen LogP contribution < -0.4 is 14.8 Å². The van der Waals surface area contributed by atoms with Crippen molar-refractivity contribution in [3.8, 4) is 17.2 Å². The molecule has 166 valence electrons. The van der Waals surface area contributed by atoms with E-state index in [4.69, 9.17) is 14.5 Å². The lowest BCUT2D eigenvalue weighted by Gasteiger charge is -2.31. The topological polar surface area (TPSA) is 63.1 Å². The standard InChI is InChI=1S/C26H27BrN2O3/c1-4-16-5-7-17(8-6-16)21-15-22(20-14-19(27)10-11-23(20)30)29-26(28-21)18-9-12-24(31-2)25(13-18)32-3/h5-14,22,26,29-30H,4,15H2,1-3H3/t22-,26+/m1/s1. The van der Waals surface area contributed by atoms with Gasteiger partial charge in [-0.15, -0.1) is 0 Å². The molecule has 2 atom stereocenters. The molecule has 0 radical (unpaired) electrons. The molecule has 0 spiro atoms. The van der Waals surface area contributed by atoms with Gasteiger partial charge in [0.2, 0.25) is 0 Å². The van der Waals surface area contributed by atoms with Crippen molar-refractivity contribution < 1.29 is 14.6 Å². The van der Waals surface area contributed by atoms with Crippen LogP contribution in [0.2, 0.25) is 0 Å². The molecule has 1 aliphatic rings. The maximum absolute atomic E-state index is 10.6. The summed E-state index contributed by atoms with van der Waals surface area (Å²) in [6, 6.07) is 19.8. The highest BCUT2D eigenvalue weighted by Crippen LogP contribution is 2.37. The molecule has 0 saturated carbocycles. The number of methoxy groups -OCH3 is 2. The summed E-state index contributed by atoms with van der Waals surface area (Å²) in [5.74, 6) is 1.59. The highest BCUT2D eigenvalue weighted by molar-refractivity contribution is 9.10. The van der Waals surface area contributed by atoms with E-state index in [1.165, 1.54) is 5.56 Å². The van der Waals surface area contributed by atoms with Gasteiger partial charge in [0.1, 0.15) is 11.9 Å². The van der Waals surface area contributed by atoms with Crippen LogP contribution in [0.4, 0.5) is 0 Å². The SMILES string of the molecule is CCc1ccc(C2=N[C@H](c3ccc(OC)c(OC)c3)N[C@@H](c3cc(Br)ccc3O)C2)cc1. The summed E-state index contributed by atoms with van der Waals surface area (Å²) >= 11 is 3.53. The van der Waals surface area contributed by atoms with Gasteiger partial charge in [0.15, 0.2) is 11.5 Å². The minimum atomic E-state index is -0.298. The van der Waals surface area contributed by atoms with Crippen LogP contribution in [-0.4, -0.2) is 25.0 Å². The number of phenolic OH excluding ortho intramolecular Hbond substituents is 1. The number of nitrogens with zero attached hydrogens (tertiary/aromatic N) is 1. The van der Waals surface area contributed by atoms with Gasteiger partial charge in [-0.05, 0) is 53.4 Å². The number of aliphatic imine (C=N–C) groups is 1. The third-order valence-electron chi connectivity index (χ3n) is 5.83. The number of phenols is 1. The number of nitrogens with one attached hydrogen (secondary N) is 1. The third kappa shape index (κ3) is 4.66. The van der Waals surface area contributed by atoms with E-state index in [1.807, 2.05) is 30.3 Å². The summed E-state index contributed by atoms with van der Waals surface area (Å²) < 4.78 is 11.8. The molecular formula is C26H27BrN2O3. The fraction of sp³-hybridized carbons (Fsp3) is 0.269. The molecule has 0 fully saturated rings. The van der Waals surface area contributed by atoms with E-state index in [0.29, 0.717) is 17.9 Å². The summed E-state index contributed by atoms with van der Waals surface area (Å²) in [7, 11) is 3.25. The molecule has 6 heteroatoms. The van der Waals surface area contributed by atoms with Crippen molar-refractivity contribution in [2.45, 2.75) is 32.0 Å². The zero-order valence-electron chi connectivity index (χ0n) is 18.4. The summed E-state index contributed by atoms with van der Waals surface area (Å²) in [6.45, 7) is 2.15. The molecule has 0 bridgehead atoms. The Morgan fingerprint density at radius 2 is 1.75 bits per heavy atom. The van der Waals surface area contributed by atoms with Gasteiger partial charge in [-0.25, -0.2) is 0 Å². The normalized spacial score (nSPS) is 18.2. The second-order valence-corrected chi connectivity index (χ2v) is 8.69. The molecule has 0 aromatic heterocycles. The van der Waals surface area contributed by atoms with Crippen LogP contribution in [0.1, 0.15) is 47.8 Å². The highest BCUT2D eigenvalue weighted by Gasteiger charge is 2.28. The molecule has 1 aliphatic heterocycles. The largest absolute Gasteiger partial charge is 0.508 e. The molecule has 3 aromatic carbocycles. The maximum Gasteiger partial charge on any atom is 0.161 e. The molecule has 1 heterocycles. The lowest BCUT2D eigenvalue weighted by molar-refractivity contribution is 0.353. The number of rotatable bonds is 6. The first kappa shape index (κ1) is 22.4. The Kier molecular flexibility index (Phi) is 6.82. The summed E-state index contributed by atoms with van der Waals surface area (Å²) in [5.41, 5.74) is 5.18. The molecule has 0 amide bonds. The monoisotopic (exact) mass is 494 g/mol. The summed E-state index contributed by atoms with van der Waals surface area (Å²) in [5, 5.41) is 14.2. The molecule has 3 aromatic rings. The van der Waals surface area contributed by atoms with Crippen LogP contribution in [0, 0.1) is 0 Å². The van der Waals surface area contributed by atoms with E-state index >= 15 is 0 Å². The van der Waals surface area contributed by atoms with Gasteiger partial charge in [-0.3, -0.25) is 10.3 Å². The van der Waals surface area contributed by atoms with Gasteiger partial charge in [-0.2, -0.15) is 0 Å². The Morgan fingerprint density at radius 1 is 1.00 bits per heavy atom. The first-order chi connectivity index (χ1) is 15.5. The van der Waals surface area contributed by atoms with Crippen molar-refractivity contribution >= 4 is 21.6 Å². The Labute approximate surface area is 197 Å². The molecule has 5 nitrogen and oxygen atoms in total. The number of benzene rings is 3. The Hall–Kier alpha value is -2.83. The van der Waals surface area contributed by atoms with Gasteiger partial charge < -0.3 is 14.6 Å². The first-order valence-corrected chi connectivity index (χ1v) is 11.4. The van der Waals surface area contributed by atoms with Crippen molar-refractivity contribution in [3.05, 3.63) is 87.4 Å².